The minimum Gasteiger partial charge on any atom is -0.351 e. The predicted octanol–water partition coefficient (Wildman–Crippen LogP) is 1.38. The third-order valence-corrected chi connectivity index (χ3v) is 3.60. The highest BCUT2D eigenvalue weighted by atomic mass is 35.5. The number of carbonyl (C=O) groups is 1. The molecule has 0 aliphatic carbocycles. The molecule has 1 aromatic carbocycles. The van der Waals surface area contributed by atoms with Gasteiger partial charge in [0.05, 0.1) is 6.04 Å². The van der Waals surface area contributed by atoms with E-state index in [1.807, 2.05) is 24.3 Å². The van der Waals surface area contributed by atoms with Crippen LogP contribution in [-0.4, -0.2) is 36.0 Å². The number of hydrogen-bond acceptors (Lipinski definition) is 3. The Labute approximate surface area is 118 Å². The van der Waals surface area contributed by atoms with Crippen LogP contribution in [0, 0.1) is 0 Å². The summed E-state index contributed by atoms with van der Waals surface area (Å²) in [6.45, 7) is 4.46. The largest absolute Gasteiger partial charge is 0.351 e. The Morgan fingerprint density at radius 1 is 1.53 bits per heavy atom. The highest BCUT2D eigenvalue weighted by Crippen LogP contribution is 2.15. The first-order valence-electron chi connectivity index (χ1n) is 6.57. The molecule has 5 heteroatoms. The van der Waals surface area contributed by atoms with Gasteiger partial charge in [0.15, 0.2) is 0 Å². The Kier molecular flexibility index (Phi) is 4.80. The van der Waals surface area contributed by atoms with Crippen LogP contribution in [0.25, 0.3) is 0 Å². The summed E-state index contributed by atoms with van der Waals surface area (Å²) in [4.78, 5) is 13.9. The number of nitrogens with two attached hydrogens (primary N) is 1. The highest BCUT2D eigenvalue weighted by molar-refractivity contribution is 6.30. The minimum absolute atomic E-state index is 0.0710. The lowest BCUT2D eigenvalue weighted by Crippen LogP contribution is -2.44. The molecule has 1 amide bonds. The van der Waals surface area contributed by atoms with E-state index in [0.29, 0.717) is 0 Å². The number of amides is 1. The second-order valence-corrected chi connectivity index (χ2v) is 5.58. The molecule has 0 spiro atoms. The molecule has 1 aliphatic heterocycles. The first kappa shape index (κ1) is 14.3. The van der Waals surface area contributed by atoms with E-state index in [0.717, 1.165) is 31.1 Å². The molecule has 19 heavy (non-hydrogen) atoms. The van der Waals surface area contributed by atoms with Gasteiger partial charge in [0.25, 0.3) is 0 Å². The number of nitrogens with zero attached hydrogens (tertiary/aromatic N) is 1. The maximum Gasteiger partial charge on any atom is 0.236 e. The van der Waals surface area contributed by atoms with Crippen LogP contribution in [0.5, 0.6) is 0 Å². The molecule has 2 rings (SSSR count). The van der Waals surface area contributed by atoms with Crippen molar-refractivity contribution in [3.63, 3.8) is 0 Å². The molecule has 4 nitrogen and oxygen atoms in total. The lowest BCUT2D eigenvalue weighted by Gasteiger charge is -2.17. The van der Waals surface area contributed by atoms with Crippen LogP contribution in [0.2, 0.25) is 5.02 Å². The number of likely N-dealkylation sites (tertiary alicyclic amines) is 1. The second-order valence-electron chi connectivity index (χ2n) is 5.14. The molecule has 1 heterocycles. The highest BCUT2D eigenvalue weighted by Gasteiger charge is 2.24. The summed E-state index contributed by atoms with van der Waals surface area (Å²) < 4.78 is 0. The quantitative estimate of drug-likeness (QED) is 0.877. The van der Waals surface area contributed by atoms with Crippen molar-refractivity contribution in [2.24, 2.45) is 5.73 Å². The molecule has 1 saturated heterocycles. The fraction of sp³-hybridized carbons (Fsp3) is 0.500. The van der Waals surface area contributed by atoms with E-state index in [1.165, 1.54) is 5.56 Å². The number of rotatable bonds is 4. The number of nitrogens with one attached hydrogen (secondary N) is 1. The van der Waals surface area contributed by atoms with Crippen molar-refractivity contribution in [3.8, 4) is 0 Å². The van der Waals surface area contributed by atoms with E-state index in [4.69, 9.17) is 17.3 Å². The van der Waals surface area contributed by atoms with Gasteiger partial charge in [-0.05, 0) is 31.0 Å². The summed E-state index contributed by atoms with van der Waals surface area (Å²) in [7, 11) is 0. The van der Waals surface area contributed by atoms with E-state index >= 15 is 0 Å². The second kappa shape index (κ2) is 6.37. The molecule has 3 N–H and O–H groups in total. The zero-order chi connectivity index (χ0) is 13.8. The molecule has 1 aromatic rings. The topological polar surface area (TPSA) is 58.4 Å². The van der Waals surface area contributed by atoms with Gasteiger partial charge in [-0.2, -0.15) is 0 Å². The average molecular weight is 282 g/mol. The Bertz CT molecular complexity index is 433. The van der Waals surface area contributed by atoms with Crippen molar-refractivity contribution in [2.45, 2.75) is 32.0 Å². The van der Waals surface area contributed by atoms with E-state index in [-0.39, 0.29) is 11.9 Å². The first-order valence-corrected chi connectivity index (χ1v) is 6.95. The van der Waals surface area contributed by atoms with Crippen molar-refractivity contribution in [1.82, 2.24) is 10.2 Å². The standard InChI is InChI=1S/C14H20ClN3O/c1-10(16)14(19)17-13-6-7-18(9-13)8-11-2-4-12(15)5-3-11/h2-5,10,13H,6-9,16H2,1H3,(H,17,19). The van der Waals surface area contributed by atoms with E-state index in [9.17, 15) is 4.79 Å². The van der Waals surface area contributed by atoms with Crippen molar-refractivity contribution < 1.29 is 4.79 Å². The average Bonchev–Trinajstić information content (AvgIpc) is 2.79. The van der Waals surface area contributed by atoms with Crippen LogP contribution >= 0.6 is 11.6 Å². The van der Waals surface area contributed by atoms with Gasteiger partial charge < -0.3 is 11.1 Å². The maximum atomic E-state index is 11.5. The monoisotopic (exact) mass is 281 g/mol. The molecule has 2 atom stereocenters. The van der Waals surface area contributed by atoms with Crippen LogP contribution in [0.15, 0.2) is 24.3 Å². The Hall–Kier alpha value is -1.10. The minimum atomic E-state index is -0.440. The maximum absolute atomic E-state index is 11.5. The summed E-state index contributed by atoms with van der Waals surface area (Å²) in [5.41, 5.74) is 6.79. The zero-order valence-corrected chi connectivity index (χ0v) is 11.9. The van der Waals surface area contributed by atoms with E-state index < -0.39 is 6.04 Å². The fourth-order valence-electron chi connectivity index (χ4n) is 2.27. The molecule has 0 aromatic heterocycles. The van der Waals surface area contributed by atoms with Crippen LogP contribution in [-0.2, 0) is 11.3 Å². The summed E-state index contributed by atoms with van der Waals surface area (Å²) in [5.74, 6) is -0.0710. The Balaban J connectivity index is 1.82. The summed E-state index contributed by atoms with van der Waals surface area (Å²) in [6, 6.07) is 7.66. The molecule has 104 valence electrons. The number of carbonyl (C=O) groups excluding carboxylic acids is 1. The normalized spacial score (nSPS) is 21.3. The number of hydrogen-bond donors (Lipinski definition) is 2. The summed E-state index contributed by atoms with van der Waals surface area (Å²) in [5, 5.41) is 3.73. The van der Waals surface area contributed by atoms with E-state index in [2.05, 4.69) is 10.2 Å². The lowest BCUT2D eigenvalue weighted by molar-refractivity contribution is -0.122. The van der Waals surface area contributed by atoms with Crippen LogP contribution in [0.4, 0.5) is 0 Å². The predicted molar refractivity (Wildman–Crippen MR) is 76.9 cm³/mol. The SMILES string of the molecule is CC(N)C(=O)NC1CCN(Cc2ccc(Cl)cc2)C1. The van der Waals surface area contributed by atoms with Gasteiger partial charge in [0, 0.05) is 30.7 Å². The van der Waals surface area contributed by atoms with Crippen LogP contribution in [0.3, 0.4) is 0 Å². The van der Waals surface area contributed by atoms with Gasteiger partial charge in [-0.3, -0.25) is 9.69 Å². The Morgan fingerprint density at radius 2 is 2.21 bits per heavy atom. The third kappa shape index (κ3) is 4.20. The summed E-state index contributed by atoms with van der Waals surface area (Å²) in [6.07, 6.45) is 0.978. The lowest BCUT2D eigenvalue weighted by atomic mass is 10.2. The summed E-state index contributed by atoms with van der Waals surface area (Å²) >= 11 is 5.87. The molecule has 0 bridgehead atoms. The fourth-order valence-corrected chi connectivity index (χ4v) is 2.40. The molecular weight excluding hydrogens is 262 g/mol. The van der Waals surface area contributed by atoms with Crippen molar-refractivity contribution in [3.05, 3.63) is 34.9 Å². The zero-order valence-electron chi connectivity index (χ0n) is 11.1. The van der Waals surface area contributed by atoms with Crippen LogP contribution < -0.4 is 11.1 Å². The number of benzene rings is 1. The van der Waals surface area contributed by atoms with Crippen molar-refractivity contribution in [2.75, 3.05) is 13.1 Å². The van der Waals surface area contributed by atoms with Crippen molar-refractivity contribution in [1.29, 1.82) is 0 Å². The molecular formula is C14H20ClN3O. The Morgan fingerprint density at radius 3 is 2.84 bits per heavy atom. The molecule has 1 aliphatic rings. The van der Waals surface area contributed by atoms with Gasteiger partial charge in [-0.1, -0.05) is 23.7 Å². The molecule has 2 unspecified atom stereocenters. The van der Waals surface area contributed by atoms with Gasteiger partial charge in [0.1, 0.15) is 0 Å². The smallest absolute Gasteiger partial charge is 0.236 e. The molecule has 0 radical (unpaired) electrons. The first-order chi connectivity index (χ1) is 9.04. The van der Waals surface area contributed by atoms with Crippen molar-refractivity contribution >= 4 is 17.5 Å². The van der Waals surface area contributed by atoms with Gasteiger partial charge >= 0.3 is 0 Å². The molecule has 1 fully saturated rings. The number of halogens is 1. The van der Waals surface area contributed by atoms with Gasteiger partial charge in [-0.25, -0.2) is 0 Å². The van der Waals surface area contributed by atoms with Gasteiger partial charge in [0.2, 0.25) is 5.91 Å². The third-order valence-electron chi connectivity index (χ3n) is 3.35. The van der Waals surface area contributed by atoms with E-state index in [1.54, 1.807) is 6.92 Å². The van der Waals surface area contributed by atoms with Gasteiger partial charge in [-0.15, -0.1) is 0 Å². The van der Waals surface area contributed by atoms with Crippen LogP contribution in [0.1, 0.15) is 18.9 Å². The molecule has 0 saturated carbocycles.